The fourth-order valence-electron chi connectivity index (χ4n) is 2.88. The Kier molecular flexibility index (Phi) is 5.42. The van der Waals surface area contributed by atoms with E-state index in [1.807, 2.05) is 0 Å². The van der Waals surface area contributed by atoms with Crippen molar-refractivity contribution < 1.29 is 23.1 Å². The Hall–Kier alpha value is -1.81. The van der Waals surface area contributed by atoms with Gasteiger partial charge in [-0.1, -0.05) is 17.3 Å². The molecule has 0 aliphatic carbocycles. The first kappa shape index (κ1) is 19.0. The summed E-state index contributed by atoms with van der Waals surface area (Å²) < 4.78 is 36.9. The van der Waals surface area contributed by atoms with Crippen molar-refractivity contribution in [1.82, 2.24) is 4.98 Å². The summed E-state index contributed by atoms with van der Waals surface area (Å²) in [5.41, 5.74) is 0.515. The Morgan fingerprint density at radius 1 is 1.31 bits per heavy atom. The first-order chi connectivity index (χ1) is 12.4. The zero-order valence-corrected chi connectivity index (χ0v) is 16.1. The maximum Gasteiger partial charge on any atom is 0.233 e. The molecule has 1 saturated heterocycles. The van der Waals surface area contributed by atoms with Gasteiger partial charge in [0.25, 0.3) is 0 Å². The third-order valence-electron chi connectivity index (χ3n) is 4.59. The molecule has 0 unspecified atom stereocenters. The van der Waals surface area contributed by atoms with E-state index in [0.717, 1.165) is 16.2 Å². The van der Waals surface area contributed by atoms with E-state index in [0.29, 0.717) is 37.3 Å². The molecule has 1 aromatic carbocycles. The van der Waals surface area contributed by atoms with Gasteiger partial charge in [-0.3, -0.25) is 0 Å². The van der Waals surface area contributed by atoms with Crippen molar-refractivity contribution in [3.63, 3.8) is 0 Å². The van der Waals surface area contributed by atoms with E-state index in [4.69, 9.17) is 14.7 Å². The number of hydrogen-bond acceptors (Lipinski definition) is 8. The van der Waals surface area contributed by atoms with Crippen molar-refractivity contribution >= 4 is 26.9 Å². The first-order valence-corrected chi connectivity index (χ1v) is 10.4. The van der Waals surface area contributed by atoms with Crippen molar-refractivity contribution in [3.8, 4) is 0 Å². The van der Waals surface area contributed by atoms with E-state index in [-0.39, 0.29) is 9.24 Å². The second kappa shape index (κ2) is 7.43. The molecule has 0 bridgehead atoms. The summed E-state index contributed by atoms with van der Waals surface area (Å²) in [4.78, 5) is 5.09. The Morgan fingerprint density at radius 3 is 2.54 bits per heavy atom. The molecule has 7 nitrogen and oxygen atoms in total. The Bertz CT molecular complexity index is 897. The van der Waals surface area contributed by atoms with E-state index < -0.39 is 15.4 Å². The molecule has 3 rings (SSSR count). The summed E-state index contributed by atoms with van der Waals surface area (Å²) in [5, 5.41) is 11.9. The van der Waals surface area contributed by atoms with Gasteiger partial charge < -0.3 is 14.7 Å². The first-order valence-electron chi connectivity index (χ1n) is 8.06. The van der Waals surface area contributed by atoms with E-state index in [1.54, 1.807) is 32.4 Å². The average Bonchev–Trinajstić information content (AvgIpc) is 3.19. The van der Waals surface area contributed by atoms with Crippen LogP contribution in [-0.2, 0) is 24.9 Å². The van der Waals surface area contributed by atoms with Gasteiger partial charge in [0, 0.05) is 39.4 Å². The van der Waals surface area contributed by atoms with Gasteiger partial charge in [-0.15, -0.1) is 11.3 Å². The molecule has 1 N–H and O–H groups in total. The molecule has 2 heterocycles. The highest BCUT2D eigenvalue weighted by atomic mass is 32.2. The maximum absolute atomic E-state index is 12.9. The van der Waals surface area contributed by atoms with E-state index in [2.05, 4.69) is 10.1 Å². The molecule has 0 saturated carbocycles. The molecule has 1 aliphatic heterocycles. The third-order valence-corrected chi connectivity index (χ3v) is 7.93. The van der Waals surface area contributed by atoms with Crippen LogP contribution in [0.15, 0.2) is 44.9 Å². The quantitative estimate of drug-likeness (QED) is 0.474. The highest BCUT2D eigenvalue weighted by molar-refractivity contribution is 7.93. The Morgan fingerprint density at radius 2 is 1.96 bits per heavy atom. The number of aromatic nitrogens is 1. The summed E-state index contributed by atoms with van der Waals surface area (Å²) in [6.45, 7) is 2.77. The zero-order valence-electron chi connectivity index (χ0n) is 14.5. The molecule has 9 heteroatoms. The summed E-state index contributed by atoms with van der Waals surface area (Å²) in [6.07, 6.45) is 2.92. The standard InChI is InChI=1S/C17H20N2O5S2/c1-12(19-20)13-3-5-14(6-4-13)26(21,22)16-18-11-15(25-16)17(23-2)7-9-24-10-8-17/h3-6,11,20H,7-10H2,1-2H3/b19-12+. The van der Waals surface area contributed by atoms with Gasteiger partial charge in [0.1, 0.15) is 5.60 Å². The van der Waals surface area contributed by atoms with Gasteiger partial charge in [-0.05, 0) is 24.6 Å². The predicted molar refractivity (Wildman–Crippen MR) is 96.7 cm³/mol. The Labute approximate surface area is 156 Å². The lowest BCUT2D eigenvalue weighted by molar-refractivity contribution is -0.0926. The van der Waals surface area contributed by atoms with Crippen LogP contribution in [0.4, 0.5) is 0 Å². The normalized spacial score (nSPS) is 18.0. The second-order valence-electron chi connectivity index (χ2n) is 6.01. The SMILES string of the molecule is COC1(c2cnc(S(=O)(=O)c3ccc(/C(C)=N/O)cc3)s2)CCOCC1. The molecular formula is C17H20N2O5S2. The fourth-order valence-corrected chi connectivity index (χ4v) is 5.64. The highest BCUT2D eigenvalue weighted by Gasteiger charge is 2.37. The molecular weight excluding hydrogens is 376 g/mol. The minimum Gasteiger partial charge on any atom is -0.411 e. The van der Waals surface area contributed by atoms with Crippen LogP contribution in [0.25, 0.3) is 0 Å². The lowest BCUT2D eigenvalue weighted by Gasteiger charge is -2.34. The molecule has 0 amide bonds. The molecule has 1 fully saturated rings. The van der Waals surface area contributed by atoms with Crippen LogP contribution >= 0.6 is 11.3 Å². The number of benzene rings is 1. The van der Waals surface area contributed by atoms with Gasteiger partial charge in [0.2, 0.25) is 14.2 Å². The highest BCUT2D eigenvalue weighted by Crippen LogP contribution is 2.40. The number of ether oxygens (including phenoxy) is 2. The minimum atomic E-state index is -3.72. The maximum atomic E-state index is 12.9. The lowest BCUT2D eigenvalue weighted by atomic mass is 9.93. The van der Waals surface area contributed by atoms with Crippen LogP contribution in [0.1, 0.15) is 30.2 Å². The van der Waals surface area contributed by atoms with Gasteiger partial charge in [-0.25, -0.2) is 13.4 Å². The van der Waals surface area contributed by atoms with Gasteiger partial charge >= 0.3 is 0 Å². The van der Waals surface area contributed by atoms with Crippen LogP contribution in [0.3, 0.4) is 0 Å². The summed E-state index contributed by atoms with van der Waals surface area (Å²) in [6, 6.07) is 6.18. The van der Waals surface area contributed by atoms with Crippen LogP contribution in [0.2, 0.25) is 0 Å². The minimum absolute atomic E-state index is 0.0377. The molecule has 1 aliphatic rings. The largest absolute Gasteiger partial charge is 0.411 e. The second-order valence-corrected chi connectivity index (χ2v) is 9.17. The molecule has 0 radical (unpaired) electrons. The fraction of sp³-hybridized carbons (Fsp3) is 0.412. The van der Waals surface area contributed by atoms with Crippen LogP contribution < -0.4 is 0 Å². The lowest BCUT2D eigenvalue weighted by Crippen LogP contribution is -2.34. The van der Waals surface area contributed by atoms with Crippen molar-refractivity contribution in [2.24, 2.45) is 5.16 Å². The molecule has 0 atom stereocenters. The van der Waals surface area contributed by atoms with Gasteiger partial charge in [-0.2, -0.15) is 0 Å². The van der Waals surface area contributed by atoms with Crippen LogP contribution in [-0.4, -0.2) is 44.6 Å². The summed E-state index contributed by atoms with van der Waals surface area (Å²) in [5.74, 6) is 0. The third kappa shape index (κ3) is 3.39. The van der Waals surface area contributed by atoms with E-state index in [9.17, 15) is 8.42 Å². The molecule has 0 spiro atoms. The van der Waals surface area contributed by atoms with Crippen molar-refractivity contribution in [2.75, 3.05) is 20.3 Å². The topological polar surface area (TPSA) is 98.1 Å². The van der Waals surface area contributed by atoms with Crippen LogP contribution in [0, 0.1) is 0 Å². The van der Waals surface area contributed by atoms with Crippen molar-refractivity contribution in [2.45, 2.75) is 34.6 Å². The smallest absolute Gasteiger partial charge is 0.233 e. The molecule has 2 aromatic rings. The molecule has 1 aromatic heterocycles. The predicted octanol–water partition coefficient (Wildman–Crippen LogP) is 2.83. The number of sulfone groups is 1. The number of thiazole rings is 1. The molecule has 140 valence electrons. The van der Waals surface area contributed by atoms with E-state index >= 15 is 0 Å². The summed E-state index contributed by atoms with van der Waals surface area (Å²) >= 11 is 1.14. The number of oxime groups is 1. The molecule has 26 heavy (non-hydrogen) atoms. The number of methoxy groups -OCH3 is 1. The monoisotopic (exact) mass is 396 g/mol. The van der Waals surface area contributed by atoms with E-state index in [1.165, 1.54) is 12.1 Å². The zero-order chi connectivity index (χ0) is 18.8. The number of rotatable bonds is 5. The number of hydrogen-bond donors (Lipinski definition) is 1. The van der Waals surface area contributed by atoms with Gasteiger partial charge in [0.15, 0.2) is 0 Å². The van der Waals surface area contributed by atoms with Crippen LogP contribution in [0.5, 0.6) is 0 Å². The van der Waals surface area contributed by atoms with Crippen molar-refractivity contribution in [3.05, 3.63) is 40.9 Å². The van der Waals surface area contributed by atoms with Gasteiger partial charge in [0.05, 0.1) is 15.5 Å². The summed E-state index contributed by atoms with van der Waals surface area (Å²) in [7, 11) is -2.09. The van der Waals surface area contributed by atoms with Crippen molar-refractivity contribution in [1.29, 1.82) is 0 Å². The average molecular weight is 396 g/mol. The number of nitrogens with zero attached hydrogens (tertiary/aromatic N) is 2. The Balaban J connectivity index is 1.92.